The van der Waals surface area contributed by atoms with E-state index in [0.717, 1.165) is 22.0 Å². The van der Waals surface area contributed by atoms with Crippen LogP contribution in [0.15, 0.2) is 76.3 Å². The molecule has 0 aliphatic carbocycles. The van der Waals surface area contributed by atoms with Gasteiger partial charge >= 0.3 is 0 Å². The Morgan fingerprint density at radius 1 is 1.11 bits per heavy atom. The van der Waals surface area contributed by atoms with Gasteiger partial charge in [0.2, 0.25) is 5.91 Å². The molecule has 0 unspecified atom stereocenters. The lowest BCUT2D eigenvalue weighted by atomic mass is 10.1. The number of aromatic nitrogens is 3. The summed E-state index contributed by atoms with van der Waals surface area (Å²) in [6, 6.07) is 16.7. The molecule has 1 N–H and O–H groups in total. The first-order valence-electron chi connectivity index (χ1n) is 10.8. The van der Waals surface area contributed by atoms with Gasteiger partial charge in [-0.1, -0.05) is 30.3 Å². The van der Waals surface area contributed by atoms with Crippen LogP contribution >= 0.6 is 0 Å². The number of nitrogens with zero attached hydrogens (tertiary/aromatic N) is 4. The van der Waals surface area contributed by atoms with Crippen molar-refractivity contribution < 1.29 is 9.21 Å². The van der Waals surface area contributed by atoms with Crippen LogP contribution in [-0.2, 0) is 4.79 Å². The number of nitriles is 1. The third kappa shape index (κ3) is 3.96. The van der Waals surface area contributed by atoms with Crippen LogP contribution in [0.5, 0.6) is 0 Å². The second kappa shape index (κ2) is 8.72. The molecule has 0 bridgehead atoms. The standard InChI is InChI=1S/C27H19N5O3/c1-16-6-5-8-20-17(2)12-23(30-25(16)20)32-27(19(13-28)14-29-32)31-24(33)11-10-18-15-35-22-9-4-3-7-21(22)26(18)34/h3-12,14-15H,1-2H3,(H,31,33)/b11-10+. The smallest absolute Gasteiger partial charge is 0.249 e. The van der Waals surface area contributed by atoms with Crippen molar-refractivity contribution in [2.45, 2.75) is 13.8 Å². The van der Waals surface area contributed by atoms with Crippen LogP contribution in [0.3, 0.4) is 0 Å². The number of rotatable bonds is 4. The van der Waals surface area contributed by atoms with E-state index in [4.69, 9.17) is 9.40 Å². The molecular formula is C27H19N5O3. The first-order valence-corrected chi connectivity index (χ1v) is 10.8. The van der Waals surface area contributed by atoms with Crippen molar-refractivity contribution in [3.8, 4) is 11.9 Å². The van der Waals surface area contributed by atoms with Crippen molar-refractivity contribution in [3.05, 3.63) is 99.5 Å². The maximum absolute atomic E-state index is 12.7. The fourth-order valence-corrected chi connectivity index (χ4v) is 3.91. The topological polar surface area (TPSA) is 114 Å². The highest BCUT2D eigenvalue weighted by Crippen LogP contribution is 2.25. The van der Waals surface area contributed by atoms with Crippen LogP contribution in [0.25, 0.3) is 33.8 Å². The molecule has 0 aliphatic rings. The minimum atomic E-state index is -0.537. The van der Waals surface area contributed by atoms with E-state index in [1.54, 1.807) is 24.3 Å². The van der Waals surface area contributed by atoms with Gasteiger partial charge in [-0.05, 0) is 49.2 Å². The molecule has 35 heavy (non-hydrogen) atoms. The zero-order valence-electron chi connectivity index (χ0n) is 18.9. The van der Waals surface area contributed by atoms with Gasteiger partial charge in [0.25, 0.3) is 0 Å². The average molecular weight is 461 g/mol. The molecule has 0 atom stereocenters. The van der Waals surface area contributed by atoms with Crippen molar-refractivity contribution >= 4 is 39.7 Å². The molecule has 0 aliphatic heterocycles. The quantitative estimate of drug-likeness (QED) is 0.389. The Balaban J connectivity index is 1.49. The molecule has 8 nitrogen and oxygen atoms in total. The molecule has 0 spiro atoms. The van der Waals surface area contributed by atoms with Gasteiger partial charge < -0.3 is 9.73 Å². The first kappa shape index (κ1) is 21.8. The van der Waals surface area contributed by atoms with E-state index in [0.29, 0.717) is 16.8 Å². The molecule has 0 fully saturated rings. The molecule has 5 aromatic rings. The van der Waals surface area contributed by atoms with Crippen molar-refractivity contribution in [1.29, 1.82) is 5.26 Å². The number of para-hydroxylation sites is 2. The number of nitrogens with one attached hydrogen (secondary N) is 1. The lowest BCUT2D eigenvalue weighted by Gasteiger charge is -2.11. The Labute approximate surface area is 199 Å². The second-order valence-corrected chi connectivity index (χ2v) is 8.04. The summed E-state index contributed by atoms with van der Waals surface area (Å²) < 4.78 is 6.91. The van der Waals surface area contributed by atoms with Gasteiger partial charge in [0.1, 0.15) is 23.5 Å². The number of hydrogen-bond donors (Lipinski definition) is 1. The monoisotopic (exact) mass is 461 g/mol. The molecule has 1 amide bonds. The predicted molar refractivity (Wildman–Crippen MR) is 133 cm³/mol. The first-order chi connectivity index (χ1) is 17.0. The number of carbonyl (C=O) groups is 1. The van der Waals surface area contributed by atoms with Gasteiger partial charge in [0, 0.05) is 11.5 Å². The summed E-state index contributed by atoms with van der Waals surface area (Å²) in [5, 5.41) is 18.0. The fraction of sp³-hybridized carbons (Fsp3) is 0.0741. The van der Waals surface area contributed by atoms with E-state index in [2.05, 4.69) is 10.4 Å². The molecule has 8 heteroatoms. The van der Waals surface area contributed by atoms with E-state index in [1.165, 1.54) is 29.3 Å². The summed E-state index contributed by atoms with van der Waals surface area (Å²) in [4.78, 5) is 30.1. The van der Waals surface area contributed by atoms with Crippen LogP contribution < -0.4 is 10.7 Å². The van der Waals surface area contributed by atoms with Crippen molar-refractivity contribution in [2.24, 2.45) is 0 Å². The summed E-state index contributed by atoms with van der Waals surface area (Å²) >= 11 is 0. The van der Waals surface area contributed by atoms with E-state index < -0.39 is 5.91 Å². The number of amides is 1. The largest absolute Gasteiger partial charge is 0.463 e. The van der Waals surface area contributed by atoms with Gasteiger partial charge in [-0.25, -0.2) is 4.98 Å². The van der Waals surface area contributed by atoms with Crippen LogP contribution in [0.2, 0.25) is 0 Å². The number of anilines is 1. The van der Waals surface area contributed by atoms with E-state index >= 15 is 0 Å². The van der Waals surface area contributed by atoms with Gasteiger partial charge in [-0.3, -0.25) is 9.59 Å². The third-order valence-electron chi connectivity index (χ3n) is 5.70. The highest BCUT2D eigenvalue weighted by atomic mass is 16.3. The van der Waals surface area contributed by atoms with Crippen molar-refractivity contribution in [2.75, 3.05) is 5.32 Å². The molecule has 5 rings (SSSR count). The number of aryl methyl sites for hydroxylation is 2. The second-order valence-electron chi connectivity index (χ2n) is 8.04. The highest BCUT2D eigenvalue weighted by molar-refractivity contribution is 6.02. The third-order valence-corrected chi connectivity index (χ3v) is 5.70. The van der Waals surface area contributed by atoms with Gasteiger partial charge in [0.15, 0.2) is 17.1 Å². The number of pyridine rings is 1. The summed E-state index contributed by atoms with van der Waals surface area (Å²) in [5.41, 5.74) is 3.44. The van der Waals surface area contributed by atoms with E-state index in [1.807, 2.05) is 44.2 Å². The molecule has 3 aromatic heterocycles. The minimum absolute atomic E-state index is 0.182. The van der Waals surface area contributed by atoms with Crippen LogP contribution in [0.1, 0.15) is 22.3 Å². The van der Waals surface area contributed by atoms with Gasteiger partial charge in [-0.15, -0.1) is 0 Å². The number of benzene rings is 2. The average Bonchev–Trinajstić information content (AvgIpc) is 3.26. The number of fused-ring (bicyclic) bond motifs is 2. The molecule has 170 valence electrons. The highest BCUT2D eigenvalue weighted by Gasteiger charge is 2.17. The van der Waals surface area contributed by atoms with Crippen LogP contribution in [0, 0.1) is 25.2 Å². The van der Waals surface area contributed by atoms with Crippen LogP contribution in [-0.4, -0.2) is 20.7 Å². The zero-order chi connectivity index (χ0) is 24.5. The van der Waals surface area contributed by atoms with Crippen molar-refractivity contribution in [1.82, 2.24) is 14.8 Å². The van der Waals surface area contributed by atoms with Gasteiger partial charge in [0.05, 0.1) is 22.7 Å². The SMILES string of the molecule is Cc1cc(-n2ncc(C#N)c2NC(=O)/C=C/c2coc3ccccc3c2=O)nc2c(C)cccc12. The van der Waals surface area contributed by atoms with E-state index in [9.17, 15) is 14.9 Å². The lowest BCUT2D eigenvalue weighted by Crippen LogP contribution is -2.14. The Morgan fingerprint density at radius 2 is 1.91 bits per heavy atom. The minimum Gasteiger partial charge on any atom is -0.463 e. The molecule has 0 saturated carbocycles. The number of hydrogen-bond acceptors (Lipinski definition) is 6. The maximum atomic E-state index is 12.7. The van der Waals surface area contributed by atoms with Gasteiger partial charge in [-0.2, -0.15) is 15.0 Å². The van der Waals surface area contributed by atoms with Crippen LogP contribution in [0.4, 0.5) is 5.82 Å². The molecule has 2 aromatic carbocycles. The van der Waals surface area contributed by atoms with Crippen molar-refractivity contribution in [3.63, 3.8) is 0 Å². The summed E-state index contributed by atoms with van der Waals surface area (Å²) in [7, 11) is 0. The molecule has 3 heterocycles. The predicted octanol–water partition coefficient (Wildman–Crippen LogP) is 4.67. The summed E-state index contributed by atoms with van der Waals surface area (Å²) in [6.45, 7) is 3.94. The summed E-state index contributed by atoms with van der Waals surface area (Å²) in [6.07, 6.45) is 5.27. The summed E-state index contributed by atoms with van der Waals surface area (Å²) in [5.74, 6) is 0.122. The molecule has 0 radical (unpaired) electrons. The Morgan fingerprint density at radius 3 is 2.74 bits per heavy atom. The number of carbonyl (C=O) groups excluding carboxylic acids is 1. The fourth-order valence-electron chi connectivity index (χ4n) is 3.91. The maximum Gasteiger partial charge on any atom is 0.249 e. The Hall–Kier alpha value is -5.03. The van der Waals surface area contributed by atoms with E-state index in [-0.39, 0.29) is 22.4 Å². The Kier molecular flexibility index (Phi) is 5.43. The normalized spacial score (nSPS) is 11.2. The Bertz CT molecular complexity index is 1760. The molecular weight excluding hydrogens is 442 g/mol. The zero-order valence-corrected chi connectivity index (χ0v) is 18.9. The lowest BCUT2D eigenvalue weighted by molar-refractivity contribution is -0.111. The molecule has 0 saturated heterocycles.